The lowest BCUT2D eigenvalue weighted by atomic mass is 10.1. The Morgan fingerprint density at radius 2 is 2.21 bits per heavy atom. The SMILES string of the molecule is Cc1ccccc1Cc1noc(=O)[nH]1. The lowest BCUT2D eigenvalue weighted by molar-refractivity contribution is 0.382. The van der Waals surface area contributed by atoms with Crippen LogP contribution in [0.1, 0.15) is 17.0 Å². The predicted molar refractivity (Wildman–Crippen MR) is 51.1 cm³/mol. The summed E-state index contributed by atoms with van der Waals surface area (Å²) in [5.74, 6) is 0.0536. The van der Waals surface area contributed by atoms with Gasteiger partial charge in [0.15, 0.2) is 5.82 Å². The molecule has 0 radical (unpaired) electrons. The van der Waals surface area contributed by atoms with E-state index in [4.69, 9.17) is 0 Å². The summed E-state index contributed by atoms with van der Waals surface area (Å²) in [6.07, 6.45) is 0.596. The van der Waals surface area contributed by atoms with Gasteiger partial charge in [-0.05, 0) is 18.1 Å². The van der Waals surface area contributed by atoms with Crippen LogP contribution in [0.2, 0.25) is 0 Å². The van der Waals surface area contributed by atoms with Gasteiger partial charge in [-0.1, -0.05) is 29.4 Å². The van der Waals surface area contributed by atoms with Crippen LogP contribution in [0.3, 0.4) is 0 Å². The minimum absolute atomic E-state index is 0.506. The van der Waals surface area contributed by atoms with E-state index < -0.39 is 5.76 Å². The Balaban J connectivity index is 2.27. The highest BCUT2D eigenvalue weighted by atomic mass is 16.5. The van der Waals surface area contributed by atoms with Crippen molar-refractivity contribution in [3.63, 3.8) is 0 Å². The molecule has 2 rings (SSSR count). The first kappa shape index (κ1) is 8.74. The monoisotopic (exact) mass is 190 g/mol. The van der Waals surface area contributed by atoms with E-state index >= 15 is 0 Å². The molecule has 2 aromatic rings. The lowest BCUT2D eigenvalue weighted by Crippen LogP contribution is -1.98. The van der Waals surface area contributed by atoms with E-state index in [0.29, 0.717) is 12.2 Å². The van der Waals surface area contributed by atoms with Gasteiger partial charge in [-0.3, -0.25) is 9.51 Å². The Morgan fingerprint density at radius 1 is 1.43 bits per heavy atom. The molecule has 0 spiro atoms. The van der Waals surface area contributed by atoms with E-state index in [1.807, 2.05) is 31.2 Å². The maximum absolute atomic E-state index is 10.7. The average Bonchev–Trinajstić information content (AvgIpc) is 2.56. The van der Waals surface area contributed by atoms with Crippen LogP contribution in [0.4, 0.5) is 0 Å². The number of rotatable bonds is 2. The number of aromatic nitrogens is 2. The van der Waals surface area contributed by atoms with Crippen molar-refractivity contribution < 1.29 is 4.52 Å². The molecule has 1 aromatic carbocycles. The Bertz CT molecular complexity index is 485. The van der Waals surface area contributed by atoms with Gasteiger partial charge in [0, 0.05) is 6.42 Å². The Kier molecular flexibility index (Phi) is 2.18. The number of H-pyrrole nitrogens is 1. The van der Waals surface area contributed by atoms with Gasteiger partial charge in [0.25, 0.3) is 0 Å². The van der Waals surface area contributed by atoms with Gasteiger partial charge in [0.05, 0.1) is 0 Å². The molecule has 72 valence electrons. The minimum Gasteiger partial charge on any atom is -0.296 e. The van der Waals surface area contributed by atoms with Crippen molar-refractivity contribution in [2.45, 2.75) is 13.3 Å². The highest BCUT2D eigenvalue weighted by Gasteiger charge is 2.03. The first-order valence-corrected chi connectivity index (χ1v) is 4.35. The standard InChI is InChI=1S/C10H10N2O2/c1-7-4-2-3-5-8(7)6-9-11-10(13)14-12-9/h2-5H,6H2,1H3,(H,11,12,13). The second-order valence-electron chi connectivity index (χ2n) is 3.14. The summed E-state index contributed by atoms with van der Waals surface area (Å²) in [7, 11) is 0. The van der Waals surface area contributed by atoms with Crippen molar-refractivity contribution >= 4 is 0 Å². The van der Waals surface area contributed by atoms with Crippen LogP contribution in [0.15, 0.2) is 33.6 Å². The Morgan fingerprint density at radius 3 is 2.86 bits per heavy atom. The predicted octanol–water partition coefficient (Wildman–Crippen LogP) is 1.26. The van der Waals surface area contributed by atoms with Gasteiger partial charge < -0.3 is 0 Å². The molecule has 14 heavy (non-hydrogen) atoms. The molecule has 1 aromatic heterocycles. The Labute approximate surface area is 80.6 Å². The van der Waals surface area contributed by atoms with Crippen LogP contribution >= 0.6 is 0 Å². The number of hydrogen-bond acceptors (Lipinski definition) is 3. The summed E-state index contributed by atoms with van der Waals surface area (Å²) in [6, 6.07) is 7.96. The zero-order valence-electron chi connectivity index (χ0n) is 7.78. The summed E-state index contributed by atoms with van der Waals surface area (Å²) in [5, 5.41) is 3.61. The molecule has 0 atom stereocenters. The van der Waals surface area contributed by atoms with Gasteiger partial charge >= 0.3 is 5.76 Å². The summed E-state index contributed by atoms with van der Waals surface area (Å²) in [5.41, 5.74) is 2.31. The van der Waals surface area contributed by atoms with Crippen molar-refractivity contribution in [3.8, 4) is 0 Å². The van der Waals surface area contributed by atoms with Crippen LogP contribution in [0.5, 0.6) is 0 Å². The van der Waals surface area contributed by atoms with E-state index in [1.165, 1.54) is 5.56 Å². The molecule has 0 fully saturated rings. The number of hydrogen-bond donors (Lipinski definition) is 1. The molecule has 4 heteroatoms. The minimum atomic E-state index is -0.506. The second-order valence-corrected chi connectivity index (χ2v) is 3.14. The third-order valence-electron chi connectivity index (χ3n) is 2.10. The van der Waals surface area contributed by atoms with Crippen LogP contribution in [-0.4, -0.2) is 10.1 Å². The zero-order chi connectivity index (χ0) is 9.97. The molecular formula is C10H10N2O2. The fraction of sp³-hybridized carbons (Fsp3) is 0.200. The van der Waals surface area contributed by atoms with Crippen molar-refractivity contribution in [3.05, 3.63) is 51.8 Å². The molecule has 0 amide bonds. The van der Waals surface area contributed by atoms with Gasteiger partial charge in [-0.15, -0.1) is 0 Å². The van der Waals surface area contributed by atoms with Gasteiger partial charge in [-0.2, -0.15) is 0 Å². The van der Waals surface area contributed by atoms with E-state index in [-0.39, 0.29) is 0 Å². The topological polar surface area (TPSA) is 58.9 Å². The number of aryl methyl sites for hydroxylation is 1. The van der Waals surface area contributed by atoms with Crippen LogP contribution in [0, 0.1) is 6.92 Å². The molecule has 0 aliphatic rings. The number of benzene rings is 1. The van der Waals surface area contributed by atoms with Crippen molar-refractivity contribution in [2.75, 3.05) is 0 Å². The third-order valence-corrected chi connectivity index (χ3v) is 2.10. The fourth-order valence-electron chi connectivity index (χ4n) is 1.33. The molecule has 1 heterocycles. The van der Waals surface area contributed by atoms with E-state index in [1.54, 1.807) is 0 Å². The van der Waals surface area contributed by atoms with Gasteiger partial charge in [-0.25, -0.2) is 4.79 Å². The van der Waals surface area contributed by atoms with E-state index in [2.05, 4.69) is 14.7 Å². The number of nitrogens with one attached hydrogen (secondary N) is 1. The average molecular weight is 190 g/mol. The lowest BCUT2D eigenvalue weighted by Gasteiger charge is -2.00. The number of aromatic amines is 1. The smallest absolute Gasteiger partial charge is 0.296 e. The fourth-order valence-corrected chi connectivity index (χ4v) is 1.33. The van der Waals surface area contributed by atoms with Crippen LogP contribution < -0.4 is 5.76 Å². The molecule has 0 saturated heterocycles. The maximum atomic E-state index is 10.7. The highest BCUT2D eigenvalue weighted by molar-refractivity contribution is 5.27. The molecule has 4 nitrogen and oxygen atoms in total. The third kappa shape index (κ3) is 1.74. The van der Waals surface area contributed by atoms with E-state index in [9.17, 15) is 4.79 Å². The molecule has 0 saturated carbocycles. The molecule has 1 N–H and O–H groups in total. The van der Waals surface area contributed by atoms with Crippen LogP contribution in [0.25, 0.3) is 0 Å². The molecule has 0 unspecified atom stereocenters. The summed E-state index contributed by atoms with van der Waals surface area (Å²) in [6.45, 7) is 2.02. The second kappa shape index (κ2) is 3.49. The maximum Gasteiger partial charge on any atom is 0.438 e. The summed E-state index contributed by atoms with van der Waals surface area (Å²) < 4.78 is 4.42. The van der Waals surface area contributed by atoms with Crippen molar-refractivity contribution in [1.29, 1.82) is 0 Å². The summed E-state index contributed by atoms with van der Waals surface area (Å²) in [4.78, 5) is 13.2. The molecule has 0 aliphatic carbocycles. The van der Waals surface area contributed by atoms with Crippen molar-refractivity contribution in [1.82, 2.24) is 10.1 Å². The first-order valence-electron chi connectivity index (χ1n) is 4.35. The van der Waals surface area contributed by atoms with Crippen LogP contribution in [-0.2, 0) is 6.42 Å². The van der Waals surface area contributed by atoms with Crippen molar-refractivity contribution in [2.24, 2.45) is 0 Å². The molecule has 0 aliphatic heterocycles. The normalized spacial score (nSPS) is 10.4. The zero-order valence-corrected chi connectivity index (χ0v) is 7.78. The van der Waals surface area contributed by atoms with E-state index in [0.717, 1.165) is 5.56 Å². The quantitative estimate of drug-likeness (QED) is 0.775. The van der Waals surface area contributed by atoms with Gasteiger partial charge in [0.2, 0.25) is 0 Å². The van der Waals surface area contributed by atoms with Gasteiger partial charge in [0.1, 0.15) is 0 Å². The Hall–Kier alpha value is -1.84. The highest BCUT2D eigenvalue weighted by Crippen LogP contribution is 2.09. The largest absolute Gasteiger partial charge is 0.438 e. The number of nitrogens with zero attached hydrogens (tertiary/aromatic N) is 1. The molecular weight excluding hydrogens is 180 g/mol. The summed E-state index contributed by atoms with van der Waals surface area (Å²) >= 11 is 0. The molecule has 0 bridgehead atoms. The first-order chi connectivity index (χ1) is 6.75.